The third-order valence-electron chi connectivity index (χ3n) is 2.54. The fraction of sp³-hybridized carbons (Fsp3) is 0.364. The van der Waals surface area contributed by atoms with Gasteiger partial charge in [-0.1, -0.05) is 0 Å². The summed E-state index contributed by atoms with van der Waals surface area (Å²) in [6.07, 6.45) is 4.99. The minimum Gasteiger partial charge on any atom is -0.396 e. The predicted molar refractivity (Wildman–Crippen MR) is 68.2 cm³/mol. The molecule has 0 bridgehead atoms. The fourth-order valence-electron chi connectivity index (χ4n) is 1.57. The lowest BCUT2D eigenvalue weighted by molar-refractivity contribution is 0.102. The van der Waals surface area contributed by atoms with E-state index in [4.69, 9.17) is 5.73 Å². The van der Waals surface area contributed by atoms with Crippen LogP contribution in [0.15, 0.2) is 18.6 Å². The van der Waals surface area contributed by atoms with Gasteiger partial charge in [0, 0.05) is 25.5 Å². The summed E-state index contributed by atoms with van der Waals surface area (Å²) in [5.41, 5.74) is 6.98. The number of aromatic nitrogens is 4. The van der Waals surface area contributed by atoms with Crippen molar-refractivity contribution >= 4 is 17.3 Å². The molecule has 0 atom stereocenters. The summed E-state index contributed by atoms with van der Waals surface area (Å²) in [6, 6.07) is 0. The highest BCUT2D eigenvalue weighted by Crippen LogP contribution is 2.12. The number of nitrogens with zero attached hydrogens (tertiary/aromatic N) is 4. The van der Waals surface area contributed by atoms with Crippen LogP contribution in [0.5, 0.6) is 0 Å². The minimum atomic E-state index is -0.324. The molecular weight excluding hydrogens is 232 g/mol. The standard InChI is InChI=1S/C11H16N6O/c1-3-16-6-8(5-13-16)14-11(18)10-9(12)7-17(4-2)15-10/h5-7H,3-4,12H2,1-2H3,(H,14,18). The van der Waals surface area contributed by atoms with E-state index >= 15 is 0 Å². The van der Waals surface area contributed by atoms with Gasteiger partial charge < -0.3 is 11.1 Å². The zero-order chi connectivity index (χ0) is 13.1. The Bertz CT molecular complexity index is 556. The number of rotatable bonds is 4. The van der Waals surface area contributed by atoms with E-state index in [2.05, 4.69) is 15.5 Å². The summed E-state index contributed by atoms with van der Waals surface area (Å²) >= 11 is 0. The van der Waals surface area contributed by atoms with Crippen LogP contribution in [0.3, 0.4) is 0 Å². The third-order valence-corrected chi connectivity index (χ3v) is 2.54. The highest BCUT2D eigenvalue weighted by molar-refractivity contribution is 6.06. The average molecular weight is 248 g/mol. The molecule has 2 aromatic rings. The normalized spacial score (nSPS) is 10.6. The second kappa shape index (κ2) is 4.91. The zero-order valence-corrected chi connectivity index (χ0v) is 10.4. The molecule has 0 saturated heterocycles. The van der Waals surface area contributed by atoms with Gasteiger partial charge in [-0.2, -0.15) is 10.2 Å². The molecule has 0 aliphatic carbocycles. The van der Waals surface area contributed by atoms with Crippen LogP contribution in [0.4, 0.5) is 11.4 Å². The molecule has 2 heterocycles. The van der Waals surface area contributed by atoms with Crippen molar-refractivity contribution in [2.24, 2.45) is 0 Å². The molecule has 1 amide bonds. The molecule has 96 valence electrons. The van der Waals surface area contributed by atoms with Gasteiger partial charge in [0.05, 0.1) is 17.6 Å². The van der Waals surface area contributed by atoms with Crippen LogP contribution in [0.1, 0.15) is 24.3 Å². The molecular formula is C11H16N6O. The number of nitrogens with one attached hydrogen (secondary N) is 1. The van der Waals surface area contributed by atoms with E-state index in [1.54, 1.807) is 28.0 Å². The van der Waals surface area contributed by atoms with Crippen LogP contribution in [0.2, 0.25) is 0 Å². The van der Waals surface area contributed by atoms with Crippen molar-refractivity contribution in [2.75, 3.05) is 11.1 Å². The SMILES string of the molecule is CCn1cc(NC(=O)c2nn(CC)cc2N)cn1. The highest BCUT2D eigenvalue weighted by atomic mass is 16.2. The molecule has 7 heteroatoms. The van der Waals surface area contributed by atoms with Gasteiger partial charge in [-0.3, -0.25) is 14.2 Å². The number of anilines is 2. The van der Waals surface area contributed by atoms with Crippen LogP contribution < -0.4 is 11.1 Å². The summed E-state index contributed by atoms with van der Waals surface area (Å²) in [7, 11) is 0. The first-order valence-electron chi connectivity index (χ1n) is 5.80. The van der Waals surface area contributed by atoms with Gasteiger partial charge in [-0.15, -0.1) is 0 Å². The largest absolute Gasteiger partial charge is 0.396 e. The van der Waals surface area contributed by atoms with Crippen molar-refractivity contribution in [2.45, 2.75) is 26.9 Å². The first-order valence-corrected chi connectivity index (χ1v) is 5.80. The number of carbonyl (C=O) groups is 1. The summed E-state index contributed by atoms with van der Waals surface area (Å²) in [6.45, 7) is 5.33. The lowest BCUT2D eigenvalue weighted by Crippen LogP contribution is -2.14. The first-order chi connectivity index (χ1) is 8.63. The predicted octanol–water partition coefficient (Wildman–Crippen LogP) is 0.954. The molecule has 2 rings (SSSR count). The maximum atomic E-state index is 12.0. The fourth-order valence-corrected chi connectivity index (χ4v) is 1.57. The molecule has 18 heavy (non-hydrogen) atoms. The van der Waals surface area contributed by atoms with Crippen LogP contribution >= 0.6 is 0 Å². The van der Waals surface area contributed by atoms with Crippen LogP contribution in [-0.2, 0) is 13.1 Å². The maximum absolute atomic E-state index is 12.0. The van der Waals surface area contributed by atoms with E-state index in [0.29, 0.717) is 17.9 Å². The van der Waals surface area contributed by atoms with Gasteiger partial charge in [-0.25, -0.2) is 0 Å². The monoisotopic (exact) mass is 248 g/mol. The number of nitrogens with two attached hydrogens (primary N) is 1. The van der Waals surface area contributed by atoms with Crippen LogP contribution in [0.25, 0.3) is 0 Å². The second-order valence-electron chi connectivity index (χ2n) is 3.83. The van der Waals surface area contributed by atoms with Crippen molar-refractivity contribution < 1.29 is 4.79 Å². The van der Waals surface area contributed by atoms with E-state index in [-0.39, 0.29) is 11.6 Å². The Balaban J connectivity index is 2.13. The molecule has 2 aromatic heterocycles. The van der Waals surface area contributed by atoms with Gasteiger partial charge in [0.1, 0.15) is 0 Å². The van der Waals surface area contributed by atoms with E-state index in [0.717, 1.165) is 6.54 Å². The minimum absolute atomic E-state index is 0.237. The number of hydrogen-bond donors (Lipinski definition) is 2. The van der Waals surface area contributed by atoms with Crippen LogP contribution in [-0.4, -0.2) is 25.5 Å². The van der Waals surface area contributed by atoms with Crippen LogP contribution in [0, 0.1) is 0 Å². The molecule has 0 unspecified atom stereocenters. The third kappa shape index (κ3) is 2.34. The Hall–Kier alpha value is -2.31. The van der Waals surface area contributed by atoms with Crippen molar-refractivity contribution in [3.05, 3.63) is 24.3 Å². The van der Waals surface area contributed by atoms with Gasteiger partial charge in [-0.05, 0) is 13.8 Å². The maximum Gasteiger partial charge on any atom is 0.278 e. The molecule has 0 saturated carbocycles. The number of nitrogen functional groups attached to an aromatic ring is 1. The molecule has 0 spiro atoms. The quantitative estimate of drug-likeness (QED) is 0.843. The number of amides is 1. The lowest BCUT2D eigenvalue weighted by atomic mass is 10.3. The Morgan fingerprint density at radius 2 is 2.06 bits per heavy atom. The smallest absolute Gasteiger partial charge is 0.278 e. The van der Waals surface area contributed by atoms with E-state index in [9.17, 15) is 4.79 Å². The van der Waals surface area contributed by atoms with E-state index < -0.39 is 0 Å². The van der Waals surface area contributed by atoms with Gasteiger partial charge in [0.25, 0.3) is 5.91 Å². The van der Waals surface area contributed by atoms with E-state index in [1.807, 2.05) is 13.8 Å². The number of carbonyl (C=O) groups excluding carboxylic acids is 1. The van der Waals surface area contributed by atoms with Crippen molar-refractivity contribution in [3.63, 3.8) is 0 Å². The van der Waals surface area contributed by atoms with Crippen molar-refractivity contribution in [1.29, 1.82) is 0 Å². The highest BCUT2D eigenvalue weighted by Gasteiger charge is 2.15. The van der Waals surface area contributed by atoms with E-state index in [1.165, 1.54) is 0 Å². The summed E-state index contributed by atoms with van der Waals surface area (Å²) in [4.78, 5) is 12.0. The Morgan fingerprint density at radius 3 is 2.61 bits per heavy atom. The average Bonchev–Trinajstić information content (AvgIpc) is 2.95. The van der Waals surface area contributed by atoms with Gasteiger partial charge in [0.2, 0.25) is 0 Å². The number of hydrogen-bond acceptors (Lipinski definition) is 4. The molecule has 3 N–H and O–H groups in total. The summed E-state index contributed by atoms with van der Waals surface area (Å²) < 4.78 is 3.35. The summed E-state index contributed by atoms with van der Waals surface area (Å²) in [5.74, 6) is -0.324. The molecule has 7 nitrogen and oxygen atoms in total. The van der Waals surface area contributed by atoms with Gasteiger partial charge in [0.15, 0.2) is 5.69 Å². The summed E-state index contributed by atoms with van der Waals surface area (Å²) in [5, 5.41) is 10.9. The molecule has 0 aliphatic heterocycles. The first kappa shape index (κ1) is 12.2. The Morgan fingerprint density at radius 1 is 1.33 bits per heavy atom. The van der Waals surface area contributed by atoms with Crippen molar-refractivity contribution in [3.8, 4) is 0 Å². The second-order valence-corrected chi connectivity index (χ2v) is 3.83. The Labute approximate surface area is 105 Å². The Kier molecular flexibility index (Phi) is 3.31. The topological polar surface area (TPSA) is 90.8 Å². The van der Waals surface area contributed by atoms with Crippen molar-refractivity contribution in [1.82, 2.24) is 19.6 Å². The molecule has 0 fully saturated rings. The molecule has 0 aliphatic rings. The zero-order valence-electron chi connectivity index (χ0n) is 10.4. The molecule has 0 radical (unpaired) electrons. The van der Waals surface area contributed by atoms with Gasteiger partial charge >= 0.3 is 0 Å². The molecule has 0 aromatic carbocycles. The number of aryl methyl sites for hydroxylation is 2. The lowest BCUT2D eigenvalue weighted by Gasteiger charge is -1.99.